The highest BCUT2D eigenvalue weighted by atomic mass is 16.2. The van der Waals surface area contributed by atoms with Crippen molar-refractivity contribution in [1.29, 1.82) is 0 Å². The van der Waals surface area contributed by atoms with Gasteiger partial charge in [-0.1, -0.05) is 0 Å². The van der Waals surface area contributed by atoms with Gasteiger partial charge in [-0.25, -0.2) is 5.10 Å². The number of aromatic amines is 1. The Kier molecular flexibility index (Phi) is 3.72. The van der Waals surface area contributed by atoms with Crippen LogP contribution in [0.25, 0.3) is 0 Å². The van der Waals surface area contributed by atoms with Gasteiger partial charge in [0.2, 0.25) is 5.91 Å². The van der Waals surface area contributed by atoms with Crippen LogP contribution in [-0.2, 0) is 4.79 Å². The second kappa shape index (κ2) is 5.67. The number of H-pyrrole nitrogens is 1. The first-order valence-corrected chi connectivity index (χ1v) is 7.29. The summed E-state index contributed by atoms with van der Waals surface area (Å²) >= 11 is 0. The zero-order valence-electron chi connectivity index (χ0n) is 11.7. The summed E-state index contributed by atoms with van der Waals surface area (Å²) in [6, 6.07) is 2.89. The van der Waals surface area contributed by atoms with Gasteiger partial charge in [-0.15, -0.1) is 0 Å². The Hall–Kier alpha value is -2.18. The van der Waals surface area contributed by atoms with Crippen LogP contribution in [0, 0.1) is 5.92 Å². The third-order valence-electron chi connectivity index (χ3n) is 3.97. The smallest absolute Gasteiger partial charge is 0.274 e. The van der Waals surface area contributed by atoms with Gasteiger partial charge in [-0.05, 0) is 31.7 Å². The molecule has 0 radical (unpaired) electrons. The number of hydrogen-bond donors (Lipinski definition) is 2. The van der Waals surface area contributed by atoms with E-state index in [1.165, 1.54) is 12.1 Å². The summed E-state index contributed by atoms with van der Waals surface area (Å²) in [5.74, 6) is 0.190. The van der Waals surface area contributed by atoms with Crippen molar-refractivity contribution in [3.63, 3.8) is 0 Å². The molecule has 0 spiro atoms. The number of hydrogen-bond acceptors (Lipinski definition) is 4. The molecule has 2 N–H and O–H groups in total. The highest BCUT2D eigenvalue weighted by molar-refractivity contribution is 5.92. The van der Waals surface area contributed by atoms with E-state index in [0.717, 1.165) is 25.7 Å². The van der Waals surface area contributed by atoms with E-state index >= 15 is 0 Å². The maximum Gasteiger partial charge on any atom is 0.274 e. The molecule has 0 aromatic carbocycles. The van der Waals surface area contributed by atoms with Crippen LogP contribution < -0.4 is 10.9 Å². The summed E-state index contributed by atoms with van der Waals surface area (Å²) in [6.07, 6.45) is 3.52. The van der Waals surface area contributed by atoms with Gasteiger partial charge >= 0.3 is 0 Å². The molecule has 7 nitrogen and oxygen atoms in total. The molecule has 1 aliphatic heterocycles. The first kappa shape index (κ1) is 13.8. The molecule has 2 aliphatic rings. The first-order valence-electron chi connectivity index (χ1n) is 7.29. The van der Waals surface area contributed by atoms with Crippen molar-refractivity contribution in [2.45, 2.75) is 31.7 Å². The van der Waals surface area contributed by atoms with Gasteiger partial charge in [0.15, 0.2) is 0 Å². The molecule has 112 valence electrons. The number of nitrogens with zero attached hydrogens (tertiary/aromatic N) is 2. The predicted molar refractivity (Wildman–Crippen MR) is 74.6 cm³/mol. The van der Waals surface area contributed by atoms with E-state index in [0.29, 0.717) is 13.1 Å². The van der Waals surface area contributed by atoms with Crippen LogP contribution in [0.5, 0.6) is 0 Å². The Morgan fingerprint density at radius 3 is 2.48 bits per heavy atom. The predicted octanol–water partition coefficient (Wildman–Crippen LogP) is -0.0993. The minimum Gasteiger partial charge on any atom is -0.353 e. The molecule has 1 saturated carbocycles. The summed E-state index contributed by atoms with van der Waals surface area (Å²) in [4.78, 5) is 36.6. The average Bonchev–Trinajstić information content (AvgIpc) is 3.33. The highest BCUT2D eigenvalue weighted by Crippen LogP contribution is 2.29. The average molecular weight is 290 g/mol. The van der Waals surface area contributed by atoms with Crippen LogP contribution >= 0.6 is 0 Å². The van der Waals surface area contributed by atoms with Crippen molar-refractivity contribution in [3.05, 3.63) is 28.2 Å². The van der Waals surface area contributed by atoms with Gasteiger partial charge in [0.25, 0.3) is 11.5 Å². The van der Waals surface area contributed by atoms with Crippen molar-refractivity contribution in [2.24, 2.45) is 5.92 Å². The van der Waals surface area contributed by atoms with Gasteiger partial charge < -0.3 is 10.2 Å². The molecule has 2 heterocycles. The fourth-order valence-electron chi connectivity index (χ4n) is 2.52. The third-order valence-corrected chi connectivity index (χ3v) is 3.97. The molecule has 7 heteroatoms. The molecule has 3 rings (SSSR count). The normalized spacial score (nSPS) is 19.3. The number of likely N-dealkylation sites (tertiary alicyclic amines) is 1. The van der Waals surface area contributed by atoms with Crippen LogP contribution in [0.3, 0.4) is 0 Å². The molecule has 21 heavy (non-hydrogen) atoms. The summed E-state index contributed by atoms with van der Waals surface area (Å²) in [6.45, 7) is 1.19. The van der Waals surface area contributed by atoms with E-state index in [4.69, 9.17) is 0 Å². The topological polar surface area (TPSA) is 95.2 Å². The van der Waals surface area contributed by atoms with E-state index in [9.17, 15) is 14.4 Å². The first-order chi connectivity index (χ1) is 10.1. The minimum absolute atomic E-state index is 0.155. The quantitative estimate of drug-likeness (QED) is 0.812. The van der Waals surface area contributed by atoms with Crippen molar-refractivity contribution in [1.82, 2.24) is 20.4 Å². The molecule has 0 bridgehead atoms. The van der Waals surface area contributed by atoms with Crippen LogP contribution in [-0.4, -0.2) is 46.0 Å². The molecule has 2 fully saturated rings. The van der Waals surface area contributed by atoms with E-state index in [1.54, 1.807) is 4.90 Å². The van der Waals surface area contributed by atoms with Gasteiger partial charge in [0.05, 0.1) is 0 Å². The number of aromatic nitrogens is 2. The summed E-state index contributed by atoms with van der Waals surface area (Å²) in [5.41, 5.74) is -0.0805. The minimum atomic E-state index is -0.326. The molecule has 0 unspecified atom stereocenters. The number of nitrogens with one attached hydrogen (secondary N) is 2. The summed E-state index contributed by atoms with van der Waals surface area (Å²) in [7, 11) is 0. The molecule has 1 aliphatic carbocycles. The van der Waals surface area contributed by atoms with Crippen LogP contribution in [0.15, 0.2) is 16.9 Å². The molecule has 1 saturated heterocycles. The van der Waals surface area contributed by atoms with E-state index in [-0.39, 0.29) is 35.0 Å². The van der Waals surface area contributed by atoms with Gasteiger partial charge in [-0.2, -0.15) is 5.10 Å². The number of amides is 2. The lowest BCUT2D eigenvalue weighted by Gasteiger charge is -2.32. The fraction of sp³-hybridized carbons (Fsp3) is 0.571. The Balaban J connectivity index is 1.52. The Bertz CT molecular complexity index is 580. The second-order valence-corrected chi connectivity index (χ2v) is 5.66. The van der Waals surface area contributed by atoms with Crippen LogP contribution in [0.1, 0.15) is 36.2 Å². The number of carbonyl (C=O) groups excluding carboxylic acids is 2. The van der Waals surface area contributed by atoms with Gasteiger partial charge in [-0.3, -0.25) is 14.4 Å². The Morgan fingerprint density at radius 1 is 1.19 bits per heavy atom. The highest BCUT2D eigenvalue weighted by Gasteiger charge is 2.32. The standard InChI is InChI=1S/C14H18N4O3/c19-12-4-3-11(16-17-12)14(21)18-7-5-10(6-8-18)15-13(20)9-1-2-9/h3-4,9-10H,1-2,5-8H2,(H,15,20)(H,17,19). The fourth-order valence-corrected chi connectivity index (χ4v) is 2.52. The van der Waals surface area contributed by atoms with Crippen molar-refractivity contribution in [3.8, 4) is 0 Å². The SMILES string of the molecule is O=C(NC1CCN(C(=O)c2ccc(=O)[nH]n2)CC1)C1CC1. The maximum atomic E-state index is 12.2. The number of rotatable bonds is 3. The van der Waals surface area contributed by atoms with E-state index < -0.39 is 0 Å². The molecule has 1 aromatic heterocycles. The van der Waals surface area contributed by atoms with Crippen molar-refractivity contribution < 1.29 is 9.59 Å². The molecular formula is C14H18N4O3. The van der Waals surface area contributed by atoms with Crippen molar-refractivity contribution in [2.75, 3.05) is 13.1 Å². The number of carbonyl (C=O) groups is 2. The molecule has 1 aromatic rings. The largest absolute Gasteiger partial charge is 0.353 e. The Labute approximate surface area is 121 Å². The zero-order chi connectivity index (χ0) is 14.8. The summed E-state index contributed by atoms with van der Waals surface area (Å²) < 4.78 is 0. The zero-order valence-corrected chi connectivity index (χ0v) is 11.7. The Morgan fingerprint density at radius 2 is 1.90 bits per heavy atom. The molecule has 2 amide bonds. The lowest BCUT2D eigenvalue weighted by Crippen LogP contribution is -2.47. The summed E-state index contributed by atoms with van der Waals surface area (Å²) in [5, 5.41) is 9.07. The van der Waals surface area contributed by atoms with Crippen LogP contribution in [0.2, 0.25) is 0 Å². The monoisotopic (exact) mass is 290 g/mol. The molecular weight excluding hydrogens is 272 g/mol. The third kappa shape index (κ3) is 3.29. The lowest BCUT2D eigenvalue weighted by atomic mass is 10.0. The van der Waals surface area contributed by atoms with E-state index in [2.05, 4.69) is 15.5 Å². The van der Waals surface area contributed by atoms with Gasteiger partial charge in [0, 0.05) is 31.1 Å². The number of piperidine rings is 1. The van der Waals surface area contributed by atoms with Crippen LogP contribution in [0.4, 0.5) is 0 Å². The van der Waals surface area contributed by atoms with Crippen molar-refractivity contribution >= 4 is 11.8 Å². The maximum absolute atomic E-state index is 12.2. The van der Waals surface area contributed by atoms with E-state index in [1.807, 2.05) is 0 Å². The lowest BCUT2D eigenvalue weighted by molar-refractivity contribution is -0.123. The second-order valence-electron chi connectivity index (χ2n) is 5.66. The van der Waals surface area contributed by atoms with Gasteiger partial charge in [0.1, 0.15) is 5.69 Å². The molecule has 0 atom stereocenters.